The molecule has 1 heterocycles. The van der Waals surface area contributed by atoms with Gasteiger partial charge < -0.3 is 19.3 Å². The Hall–Kier alpha value is -3.85. The number of carbonyl (C=O) groups is 1. The second-order valence-electron chi connectivity index (χ2n) is 7.11. The molecule has 0 fully saturated rings. The fourth-order valence-electron chi connectivity index (χ4n) is 3.73. The Morgan fingerprint density at radius 2 is 1.42 bits per heavy atom. The topological polar surface area (TPSA) is 65.0 Å². The summed E-state index contributed by atoms with van der Waals surface area (Å²) in [6.45, 7) is 0. The minimum Gasteiger partial charge on any atom is -0.497 e. The van der Waals surface area contributed by atoms with Gasteiger partial charge in [0.25, 0.3) is 5.79 Å². The SMILES string of the molecule is COc1cc(OC)cc(C2=C(c3c(F)cc(F)cc3F)C(=O)OC2(O)c2ccccc2F)c1. The van der Waals surface area contributed by atoms with Crippen LogP contribution in [-0.4, -0.2) is 25.3 Å². The molecule has 3 aromatic rings. The van der Waals surface area contributed by atoms with E-state index in [1.165, 1.54) is 44.6 Å². The summed E-state index contributed by atoms with van der Waals surface area (Å²) in [6.07, 6.45) is 0. The Morgan fingerprint density at radius 3 is 1.97 bits per heavy atom. The Morgan fingerprint density at radius 1 is 0.848 bits per heavy atom. The van der Waals surface area contributed by atoms with Crippen molar-refractivity contribution < 1.29 is 41.7 Å². The van der Waals surface area contributed by atoms with Gasteiger partial charge in [-0.15, -0.1) is 0 Å². The van der Waals surface area contributed by atoms with Gasteiger partial charge in [0.05, 0.1) is 36.5 Å². The number of benzene rings is 3. The number of cyclic esters (lactones) is 1. The predicted molar refractivity (Wildman–Crippen MR) is 109 cm³/mol. The number of hydrogen-bond acceptors (Lipinski definition) is 5. The van der Waals surface area contributed by atoms with Crippen molar-refractivity contribution in [3.8, 4) is 11.5 Å². The smallest absolute Gasteiger partial charge is 0.342 e. The van der Waals surface area contributed by atoms with E-state index in [1.54, 1.807) is 0 Å². The van der Waals surface area contributed by atoms with Gasteiger partial charge in [0.2, 0.25) is 0 Å². The standard InChI is InChI=1S/C24H16F4O5/c1-31-14-7-12(8-15(11-14)32-2)22-21(20-18(27)9-13(25)10-19(20)28)23(29)33-24(22,30)16-5-3-4-6-17(16)26/h3-11,30H,1-2H3. The molecule has 0 amide bonds. The zero-order valence-electron chi connectivity index (χ0n) is 17.3. The molecule has 0 saturated heterocycles. The van der Waals surface area contributed by atoms with Crippen molar-refractivity contribution >= 4 is 17.1 Å². The van der Waals surface area contributed by atoms with Crippen molar-refractivity contribution in [2.45, 2.75) is 5.79 Å². The first-order valence-electron chi connectivity index (χ1n) is 9.53. The molecule has 4 rings (SSSR count). The molecule has 170 valence electrons. The van der Waals surface area contributed by atoms with E-state index in [0.717, 1.165) is 12.1 Å². The van der Waals surface area contributed by atoms with Crippen molar-refractivity contribution in [2.24, 2.45) is 0 Å². The van der Waals surface area contributed by atoms with Crippen LogP contribution in [0.3, 0.4) is 0 Å². The highest BCUT2D eigenvalue weighted by molar-refractivity contribution is 6.28. The Kier molecular flexibility index (Phi) is 5.59. The van der Waals surface area contributed by atoms with E-state index in [9.17, 15) is 27.5 Å². The molecular weight excluding hydrogens is 444 g/mol. The van der Waals surface area contributed by atoms with Crippen LogP contribution >= 0.6 is 0 Å². The van der Waals surface area contributed by atoms with Gasteiger partial charge in [-0.2, -0.15) is 0 Å². The summed E-state index contributed by atoms with van der Waals surface area (Å²) in [5, 5.41) is 11.5. The normalized spacial score (nSPS) is 17.8. The lowest BCUT2D eigenvalue weighted by Crippen LogP contribution is -2.29. The minimum absolute atomic E-state index is 0.0130. The average molecular weight is 460 g/mol. The maximum absolute atomic E-state index is 14.7. The van der Waals surface area contributed by atoms with Crippen LogP contribution in [0.2, 0.25) is 0 Å². The number of esters is 1. The first-order valence-corrected chi connectivity index (χ1v) is 9.53. The van der Waals surface area contributed by atoms with Crippen LogP contribution in [0, 0.1) is 23.3 Å². The molecule has 3 aromatic carbocycles. The van der Waals surface area contributed by atoms with Crippen molar-refractivity contribution in [1.82, 2.24) is 0 Å². The molecule has 0 bridgehead atoms. The Labute approximate surface area is 185 Å². The third kappa shape index (κ3) is 3.70. The zero-order valence-corrected chi connectivity index (χ0v) is 17.3. The van der Waals surface area contributed by atoms with Crippen LogP contribution in [0.15, 0.2) is 54.6 Å². The van der Waals surface area contributed by atoms with E-state index < -0.39 is 57.3 Å². The predicted octanol–water partition coefficient (Wildman–Crippen LogP) is 4.57. The summed E-state index contributed by atoms with van der Waals surface area (Å²) in [5.41, 5.74) is -2.65. The molecule has 0 saturated carbocycles. The Balaban J connectivity index is 2.13. The summed E-state index contributed by atoms with van der Waals surface area (Å²) < 4.78 is 73.2. The van der Waals surface area contributed by atoms with Crippen LogP contribution < -0.4 is 9.47 Å². The van der Waals surface area contributed by atoms with Crippen molar-refractivity contribution in [2.75, 3.05) is 14.2 Å². The maximum Gasteiger partial charge on any atom is 0.342 e. The number of ether oxygens (including phenoxy) is 3. The van der Waals surface area contributed by atoms with Crippen molar-refractivity contribution in [1.29, 1.82) is 0 Å². The minimum atomic E-state index is -2.78. The average Bonchev–Trinajstić information content (AvgIpc) is 3.03. The van der Waals surface area contributed by atoms with Gasteiger partial charge in [0, 0.05) is 18.2 Å². The molecule has 1 aliphatic heterocycles. The summed E-state index contributed by atoms with van der Waals surface area (Å²) in [7, 11) is 2.68. The lowest BCUT2D eigenvalue weighted by molar-refractivity contribution is -0.178. The van der Waals surface area contributed by atoms with Gasteiger partial charge in [0.1, 0.15) is 34.8 Å². The first-order chi connectivity index (χ1) is 15.7. The quantitative estimate of drug-likeness (QED) is 0.446. The van der Waals surface area contributed by atoms with Gasteiger partial charge >= 0.3 is 5.97 Å². The second kappa shape index (κ2) is 8.25. The fourth-order valence-corrected chi connectivity index (χ4v) is 3.73. The van der Waals surface area contributed by atoms with E-state index in [4.69, 9.17) is 14.2 Å². The largest absolute Gasteiger partial charge is 0.497 e. The molecule has 33 heavy (non-hydrogen) atoms. The maximum atomic E-state index is 14.7. The molecule has 1 aliphatic rings. The number of rotatable bonds is 5. The van der Waals surface area contributed by atoms with E-state index in [0.29, 0.717) is 12.1 Å². The number of halogens is 4. The highest BCUT2D eigenvalue weighted by atomic mass is 19.1. The molecule has 0 spiro atoms. The third-order valence-corrected chi connectivity index (χ3v) is 5.17. The molecule has 1 unspecified atom stereocenters. The molecular formula is C24H16F4O5. The number of aliphatic hydroxyl groups is 1. The zero-order chi connectivity index (χ0) is 23.9. The molecule has 9 heteroatoms. The number of carbonyl (C=O) groups excluding carboxylic acids is 1. The summed E-state index contributed by atoms with van der Waals surface area (Å²) in [6, 6.07) is 9.80. The van der Waals surface area contributed by atoms with Crippen LogP contribution in [0.1, 0.15) is 16.7 Å². The lowest BCUT2D eigenvalue weighted by atomic mass is 9.86. The molecule has 1 N–H and O–H groups in total. The fraction of sp³-hybridized carbons (Fsp3) is 0.125. The van der Waals surface area contributed by atoms with E-state index >= 15 is 0 Å². The van der Waals surface area contributed by atoms with Gasteiger partial charge in [-0.25, -0.2) is 22.4 Å². The second-order valence-corrected chi connectivity index (χ2v) is 7.11. The molecule has 0 aliphatic carbocycles. The summed E-state index contributed by atoms with van der Waals surface area (Å²) >= 11 is 0. The van der Waals surface area contributed by atoms with Gasteiger partial charge in [-0.1, -0.05) is 12.1 Å². The van der Waals surface area contributed by atoms with Crippen LogP contribution in [-0.2, 0) is 15.3 Å². The Bertz CT molecular complexity index is 1260. The first kappa shape index (κ1) is 22.3. The highest BCUT2D eigenvalue weighted by Gasteiger charge is 2.51. The highest BCUT2D eigenvalue weighted by Crippen LogP contribution is 2.50. The lowest BCUT2D eigenvalue weighted by Gasteiger charge is -2.26. The van der Waals surface area contributed by atoms with E-state index in [1.807, 2.05) is 0 Å². The molecule has 1 atom stereocenters. The van der Waals surface area contributed by atoms with Crippen molar-refractivity contribution in [3.63, 3.8) is 0 Å². The molecule has 0 radical (unpaired) electrons. The third-order valence-electron chi connectivity index (χ3n) is 5.17. The van der Waals surface area contributed by atoms with Crippen LogP contribution in [0.4, 0.5) is 17.6 Å². The number of hydrogen-bond donors (Lipinski definition) is 1. The summed E-state index contributed by atoms with van der Waals surface area (Å²) in [5.74, 6) is -8.70. The molecule has 5 nitrogen and oxygen atoms in total. The summed E-state index contributed by atoms with van der Waals surface area (Å²) in [4.78, 5) is 12.9. The van der Waals surface area contributed by atoms with Gasteiger partial charge in [-0.3, -0.25) is 0 Å². The molecule has 0 aromatic heterocycles. The monoisotopic (exact) mass is 460 g/mol. The van der Waals surface area contributed by atoms with Gasteiger partial charge in [-0.05, 0) is 29.8 Å². The van der Waals surface area contributed by atoms with E-state index in [-0.39, 0.29) is 17.1 Å². The van der Waals surface area contributed by atoms with Crippen molar-refractivity contribution in [3.05, 3.63) is 94.6 Å². The van der Waals surface area contributed by atoms with Gasteiger partial charge in [0.15, 0.2) is 0 Å². The van der Waals surface area contributed by atoms with E-state index in [2.05, 4.69) is 0 Å². The van der Waals surface area contributed by atoms with Crippen LogP contribution in [0.25, 0.3) is 11.1 Å². The number of methoxy groups -OCH3 is 2. The van der Waals surface area contributed by atoms with Crippen LogP contribution in [0.5, 0.6) is 11.5 Å².